The van der Waals surface area contributed by atoms with E-state index in [0.29, 0.717) is 29.3 Å². The molecule has 1 unspecified atom stereocenters. The summed E-state index contributed by atoms with van der Waals surface area (Å²) in [5.41, 5.74) is 1.30. The zero-order valence-electron chi connectivity index (χ0n) is 12.8. The standard InChI is InChI=1S/C15H16N4O4/c1-8-14(21)17-11-7-9(3-5-12(11)23-8)16-15(22)10-4-6-13(20)19(2)18-10/h3,5,7-8H,4,6H2,1-2H3,(H,16,22)(H,17,21). The molecule has 3 rings (SSSR count). The molecule has 2 aliphatic heterocycles. The maximum absolute atomic E-state index is 12.2. The van der Waals surface area contributed by atoms with E-state index in [-0.39, 0.29) is 24.1 Å². The van der Waals surface area contributed by atoms with Crippen molar-refractivity contribution < 1.29 is 19.1 Å². The minimum Gasteiger partial charge on any atom is -0.479 e. The van der Waals surface area contributed by atoms with Crippen LogP contribution in [-0.4, -0.2) is 41.6 Å². The van der Waals surface area contributed by atoms with E-state index in [1.165, 1.54) is 12.1 Å². The van der Waals surface area contributed by atoms with E-state index in [4.69, 9.17) is 4.74 Å². The molecule has 2 N–H and O–H groups in total. The van der Waals surface area contributed by atoms with Crippen molar-refractivity contribution in [3.05, 3.63) is 18.2 Å². The van der Waals surface area contributed by atoms with Crippen LogP contribution >= 0.6 is 0 Å². The molecular weight excluding hydrogens is 300 g/mol. The van der Waals surface area contributed by atoms with Gasteiger partial charge in [-0.2, -0.15) is 5.10 Å². The summed E-state index contributed by atoms with van der Waals surface area (Å²) in [4.78, 5) is 35.2. The molecule has 2 heterocycles. The van der Waals surface area contributed by atoms with Crippen molar-refractivity contribution >= 4 is 34.8 Å². The Morgan fingerprint density at radius 2 is 2.17 bits per heavy atom. The van der Waals surface area contributed by atoms with E-state index in [0.717, 1.165) is 0 Å². The van der Waals surface area contributed by atoms with Crippen LogP contribution in [0, 0.1) is 0 Å². The molecule has 8 heteroatoms. The summed E-state index contributed by atoms with van der Waals surface area (Å²) < 4.78 is 5.45. The van der Waals surface area contributed by atoms with Crippen molar-refractivity contribution in [3.8, 4) is 5.75 Å². The molecular formula is C15H16N4O4. The summed E-state index contributed by atoms with van der Waals surface area (Å²) in [7, 11) is 1.52. The maximum atomic E-state index is 12.2. The van der Waals surface area contributed by atoms with Gasteiger partial charge in [0, 0.05) is 25.6 Å². The number of carbonyl (C=O) groups is 3. The van der Waals surface area contributed by atoms with Gasteiger partial charge >= 0.3 is 0 Å². The van der Waals surface area contributed by atoms with Gasteiger partial charge in [-0.3, -0.25) is 14.4 Å². The zero-order valence-corrected chi connectivity index (χ0v) is 12.8. The smallest absolute Gasteiger partial charge is 0.271 e. The number of rotatable bonds is 2. The van der Waals surface area contributed by atoms with Crippen LogP contribution in [0.2, 0.25) is 0 Å². The van der Waals surface area contributed by atoms with Crippen LogP contribution in [0.1, 0.15) is 19.8 Å². The first-order chi connectivity index (χ1) is 10.9. The third kappa shape index (κ3) is 3.01. The van der Waals surface area contributed by atoms with Gasteiger partial charge in [-0.1, -0.05) is 0 Å². The van der Waals surface area contributed by atoms with Crippen molar-refractivity contribution in [3.63, 3.8) is 0 Å². The molecule has 1 aromatic rings. The number of fused-ring (bicyclic) bond motifs is 1. The lowest BCUT2D eigenvalue weighted by atomic mass is 10.1. The number of nitrogens with one attached hydrogen (secondary N) is 2. The zero-order chi connectivity index (χ0) is 16.6. The third-order valence-corrected chi connectivity index (χ3v) is 3.64. The highest BCUT2D eigenvalue weighted by Gasteiger charge is 2.25. The predicted octanol–water partition coefficient (Wildman–Crippen LogP) is 0.953. The minimum absolute atomic E-state index is 0.121. The molecule has 120 valence electrons. The molecule has 0 spiro atoms. The van der Waals surface area contributed by atoms with Gasteiger partial charge in [-0.05, 0) is 25.1 Å². The van der Waals surface area contributed by atoms with Crippen LogP contribution in [0.4, 0.5) is 11.4 Å². The molecule has 3 amide bonds. The van der Waals surface area contributed by atoms with Crippen molar-refractivity contribution in [2.24, 2.45) is 5.10 Å². The molecule has 0 radical (unpaired) electrons. The highest BCUT2D eigenvalue weighted by Crippen LogP contribution is 2.32. The molecule has 23 heavy (non-hydrogen) atoms. The number of nitrogens with zero attached hydrogens (tertiary/aromatic N) is 2. The molecule has 0 aromatic heterocycles. The highest BCUT2D eigenvalue weighted by molar-refractivity contribution is 6.43. The second kappa shape index (κ2) is 5.71. The second-order valence-electron chi connectivity index (χ2n) is 5.38. The summed E-state index contributed by atoms with van der Waals surface area (Å²) in [6.45, 7) is 1.66. The summed E-state index contributed by atoms with van der Waals surface area (Å²) in [5.74, 6) is -0.182. The van der Waals surface area contributed by atoms with Gasteiger partial charge in [0.05, 0.1) is 5.69 Å². The van der Waals surface area contributed by atoms with Crippen LogP contribution in [0.25, 0.3) is 0 Å². The quantitative estimate of drug-likeness (QED) is 0.848. The fourth-order valence-corrected chi connectivity index (χ4v) is 2.32. The number of carbonyl (C=O) groups excluding carboxylic acids is 3. The number of ether oxygens (including phenoxy) is 1. The van der Waals surface area contributed by atoms with Crippen LogP contribution in [0.3, 0.4) is 0 Å². The topological polar surface area (TPSA) is 100 Å². The maximum Gasteiger partial charge on any atom is 0.271 e. The average molecular weight is 316 g/mol. The highest BCUT2D eigenvalue weighted by atomic mass is 16.5. The normalized spacial score (nSPS) is 20.2. The molecule has 0 saturated carbocycles. The SMILES string of the molecule is CC1Oc2ccc(NC(=O)C3=NN(C)C(=O)CC3)cc2NC1=O. The first-order valence-electron chi connectivity index (χ1n) is 7.21. The fourth-order valence-electron chi connectivity index (χ4n) is 2.32. The lowest BCUT2D eigenvalue weighted by Crippen LogP contribution is -2.35. The first-order valence-corrected chi connectivity index (χ1v) is 7.21. The van der Waals surface area contributed by atoms with Gasteiger partial charge in [0.1, 0.15) is 11.5 Å². The summed E-state index contributed by atoms with van der Waals surface area (Å²) in [5, 5.41) is 10.6. The van der Waals surface area contributed by atoms with Crippen LogP contribution in [-0.2, 0) is 14.4 Å². The second-order valence-corrected chi connectivity index (χ2v) is 5.38. The Balaban J connectivity index is 1.75. The Kier molecular flexibility index (Phi) is 3.73. The number of hydrogen-bond donors (Lipinski definition) is 2. The lowest BCUT2D eigenvalue weighted by molar-refractivity contribution is -0.130. The Morgan fingerprint density at radius 1 is 1.39 bits per heavy atom. The average Bonchev–Trinajstić information content (AvgIpc) is 2.51. The first kappa shape index (κ1) is 15.0. The van der Waals surface area contributed by atoms with E-state index < -0.39 is 6.10 Å². The van der Waals surface area contributed by atoms with Crippen LogP contribution in [0.15, 0.2) is 23.3 Å². The van der Waals surface area contributed by atoms with E-state index in [9.17, 15) is 14.4 Å². The van der Waals surface area contributed by atoms with E-state index in [2.05, 4.69) is 15.7 Å². The summed E-state index contributed by atoms with van der Waals surface area (Å²) in [6, 6.07) is 4.98. The Hall–Kier alpha value is -2.90. The van der Waals surface area contributed by atoms with Gasteiger partial charge < -0.3 is 15.4 Å². The molecule has 0 bridgehead atoms. The molecule has 8 nitrogen and oxygen atoms in total. The lowest BCUT2D eigenvalue weighted by Gasteiger charge is -2.24. The van der Waals surface area contributed by atoms with Gasteiger partial charge in [0.2, 0.25) is 5.91 Å². The van der Waals surface area contributed by atoms with Crippen LogP contribution < -0.4 is 15.4 Å². The number of anilines is 2. The Morgan fingerprint density at radius 3 is 2.91 bits per heavy atom. The fraction of sp³-hybridized carbons (Fsp3) is 0.333. The Labute approximate surface area is 132 Å². The number of hydrogen-bond acceptors (Lipinski definition) is 5. The number of amides is 3. The summed E-state index contributed by atoms with van der Waals surface area (Å²) in [6.07, 6.45) is 0.0130. The summed E-state index contributed by atoms with van der Waals surface area (Å²) >= 11 is 0. The molecule has 2 aliphatic rings. The van der Waals surface area contributed by atoms with Gasteiger partial charge in [0.25, 0.3) is 11.8 Å². The van der Waals surface area contributed by atoms with E-state index >= 15 is 0 Å². The molecule has 1 aromatic carbocycles. The van der Waals surface area contributed by atoms with E-state index in [1.807, 2.05) is 0 Å². The molecule has 0 fully saturated rings. The predicted molar refractivity (Wildman–Crippen MR) is 83.2 cm³/mol. The third-order valence-electron chi connectivity index (χ3n) is 3.64. The van der Waals surface area contributed by atoms with Crippen molar-refractivity contribution in [2.45, 2.75) is 25.9 Å². The van der Waals surface area contributed by atoms with Crippen molar-refractivity contribution in [1.82, 2.24) is 5.01 Å². The van der Waals surface area contributed by atoms with Gasteiger partial charge in [0.15, 0.2) is 6.10 Å². The largest absolute Gasteiger partial charge is 0.479 e. The molecule has 0 aliphatic carbocycles. The van der Waals surface area contributed by atoms with Crippen LogP contribution in [0.5, 0.6) is 5.75 Å². The monoisotopic (exact) mass is 316 g/mol. The van der Waals surface area contributed by atoms with Crippen molar-refractivity contribution in [2.75, 3.05) is 17.7 Å². The molecule has 0 saturated heterocycles. The Bertz CT molecular complexity index is 728. The van der Waals surface area contributed by atoms with Crippen molar-refractivity contribution in [1.29, 1.82) is 0 Å². The minimum atomic E-state index is -0.549. The van der Waals surface area contributed by atoms with E-state index in [1.54, 1.807) is 25.1 Å². The van der Waals surface area contributed by atoms with Gasteiger partial charge in [-0.15, -0.1) is 0 Å². The number of hydrazone groups is 1. The number of benzene rings is 1. The van der Waals surface area contributed by atoms with Gasteiger partial charge in [-0.25, -0.2) is 5.01 Å². The molecule has 1 atom stereocenters.